The zero-order valence-electron chi connectivity index (χ0n) is 10.1. The topological polar surface area (TPSA) is 90.1 Å². The fourth-order valence-corrected chi connectivity index (χ4v) is 1.60. The van der Waals surface area contributed by atoms with Gasteiger partial charge in [-0.15, -0.1) is 0 Å². The van der Waals surface area contributed by atoms with Gasteiger partial charge < -0.3 is 10.0 Å². The quantitative estimate of drug-likeness (QED) is 0.898. The Labute approximate surface area is 109 Å². The first-order chi connectivity index (χ1) is 9.13. The molecule has 2 aromatic rings. The fraction of sp³-hybridized carbons (Fsp3) is 0.0769. The molecule has 1 aromatic heterocycles. The summed E-state index contributed by atoms with van der Waals surface area (Å²) in [4.78, 5) is 20.5. The summed E-state index contributed by atoms with van der Waals surface area (Å²) < 4.78 is 0. The molecule has 19 heavy (non-hydrogen) atoms. The summed E-state index contributed by atoms with van der Waals surface area (Å²) >= 11 is 0. The van der Waals surface area contributed by atoms with Crippen LogP contribution < -0.4 is 4.90 Å². The van der Waals surface area contributed by atoms with Crippen LogP contribution in [-0.2, 0) is 0 Å². The maximum atomic E-state index is 10.8. The van der Waals surface area contributed by atoms with Crippen LogP contribution in [0, 0.1) is 11.3 Å². The fourth-order valence-electron chi connectivity index (χ4n) is 1.60. The van der Waals surface area contributed by atoms with Gasteiger partial charge in [-0.3, -0.25) is 0 Å². The van der Waals surface area contributed by atoms with Crippen molar-refractivity contribution in [2.75, 3.05) is 11.9 Å². The maximum Gasteiger partial charge on any atom is 0.335 e. The Morgan fingerprint density at radius 3 is 2.47 bits per heavy atom. The van der Waals surface area contributed by atoms with Gasteiger partial charge in [0.25, 0.3) is 0 Å². The number of anilines is 2. The highest BCUT2D eigenvalue weighted by molar-refractivity contribution is 5.88. The van der Waals surface area contributed by atoms with Gasteiger partial charge in [-0.05, 0) is 24.3 Å². The van der Waals surface area contributed by atoms with Gasteiger partial charge in [0, 0.05) is 25.1 Å². The molecule has 0 aliphatic rings. The van der Waals surface area contributed by atoms with Crippen molar-refractivity contribution in [3.63, 3.8) is 0 Å². The van der Waals surface area contributed by atoms with Crippen molar-refractivity contribution in [3.8, 4) is 6.07 Å². The van der Waals surface area contributed by atoms with Crippen molar-refractivity contribution in [2.45, 2.75) is 0 Å². The third-order valence-corrected chi connectivity index (χ3v) is 2.60. The molecule has 1 N–H and O–H groups in total. The first-order valence-electron chi connectivity index (χ1n) is 5.41. The molecule has 0 saturated carbocycles. The second kappa shape index (κ2) is 5.14. The van der Waals surface area contributed by atoms with Crippen molar-refractivity contribution in [1.82, 2.24) is 9.97 Å². The van der Waals surface area contributed by atoms with Crippen molar-refractivity contribution >= 4 is 17.5 Å². The summed E-state index contributed by atoms with van der Waals surface area (Å²) in [5.74, 6) is -0.556. The van der Waals surface area contributed by atoms with E-state index < -0.39 is 5.97 Å². The molecule has 0 radical (unpaired) electrons. The van der Waals surface area contributed by atoms with E-state index in [-0.39, 0.29) is 11.3 Å². The van der Waals surface area contributed by atoms with Gasteiger partial charge in [-0.25, -0.2) is 14.8 Å². The van der Waals surface area contributed by atoms with Gasteiger partial charge in [-0.1, -0.05) is 0 Å². The van der Waals surface area contributed by atoms with Crippen LogP contribution in [0.5, 0.6) is 0 Å². The van der Waals surface area contributed by atoms with E-state index in [9.17, 15) is 4.79 Å². The highest BCUT2D eigenvalue weighted by atomic mass is 16.4. The second-order valence-electron chi connectivity index (χ2n) is 3.75. The van der Waals surface area contributed by atoms with E-state index in [1.54, 1.807) is 24.1 Å². The minimum atomic E-state index is -0.980. The summed E-state index contributed by atoms with van der Waals surface area (Å²) in [6.45, 7) is 0. The summed E-state index contributed by atoms with van der Waals surface area (Å²) in [5.41, 5.74) is 1.14. The molecular formula is C13H10N4O2. The average molecular weight is 254 g/mol. The molecule has 6 nitrogen and oxygen atoms in total. The van der Waals surface area contributed by atoms with Gasteiger partial charge in [0.05, 0.1) is 5.56 Å². The molecule has 0 spiro atoms. The number of rotatable bonds is 3. The highest BCUT2D eigenvalue weighted by Gasteiger charge is 2.12. The smallest absolute Gasteiger partial charge is 0.335 e. The predicted molar refractivity (Wildman–Crippen MR) is 68.2 cm³/mol. The molecule has 0 bridgehead atoms. The third-order valence-electron chi connectivity index (χ3n) is 2.60. The van der Waals surface area contributed by atoms with Crippen LogP contribution in [0.1, 0.15) is 16.1 Å². The second-order valence-corrected chi connectivity index (χ2v) is 3.75. The molecule has 2 rings (SSSR count). The van der Waals surface area contributed by atoms with Crippen molar-refractivity contribution < 1.29 is 9.90 Å². The lowest BCUT2D eigenvalue weighted by atomic mass is 10.2. The van der Waals surface area contributed by atoms with Crippen LogP contribution in [0.4, 0.5) is 11.5 Å². The molecule has 1 aromatic carbocycles. The lowest BCUT2D eigenvalue weighted by Gasteiger charge is -2.18. The van der Waals surface area contributed by atoms with E-state index in [1.165, 1.54) is 24.5 Å². The molecule has 0 aliphatic carbocycles. The van der Waals surface area contributed by atoms with Gasteiger partial charge in [0.15, 0.2) is 11.5 Å². The number of hydrogen-bond acceptors (Lipinski definition) is 5. The van der Waals surface area contributed by atoms with Crippen LogP contribution in [-0.4, -0.2) is 28.1 Å². The molecule has 1 heterocycles. The number of aromatic nitrogens is 2. The van der Waals surface area contributed by atoms with Crippen molar-refractivity contribution in [2.24, 2.45) is 0 Å². The largest absolute Gasteiger partial charge is 0.478 e. The molecule has 0 saturated heterocycles. The predicted octanol–water partition coefficient (Wildman–Crippen LogP) is 1.81. The highest BCUT2D eigenvalue weighted by Crippen LogP contribution is 2.23. The zero-order valence-corrected chi connectivity index (χ0v) is 10.1. The molecule has 0 aliphatic heterocycles. The third kappa shape index (κ3) is 2.50. The van der Waals surface area contributed by atoms with E-state index in [4.69, 9.17) is 10.4 Å². The Hall–Kier alpha value is -2.94. The molecule has 0 amide bonds. The summed E-state index contributed by atoms with van der Waals surface area (Å²) in [5, 5.41) is 17.8. The molecule has 0 atom stereocenters. The number of hydrogen-bond donors (Lipinski definition) is 1. The first-order valence-corrected chi connectivity index (χ1v) is 5.41. The SMILES string of the molecule is CN(c1ccc(C(=O)O)cc1)c1nccnc1C#N. The van der Waals surface area contributed by atoms with E-state index in [2.05, 4.69) is 9.97 Å². The van der Waals surface area contributed by atoms with E-state index in [0.29, 0.717) is 5.82 Å². The maximum absolute atomic E-state index is 10.8. The molecular weight excluding hydrogens is 244 g/mol. The Balaban J connectivity index is 2.36. The van der Waals surface area contributed by atoms with Crippen LogP contribution >= 0.6 is 0 Å². The molecule has 94 valence electrons. The Bertz CT molecular complexity index is 646. The summed E-state index contributed by atoms with van der Waals surface area (Å²) in [7, 11) is 1.74. The minimum Gasteiger partial charge on any atom is -0.478 e. The van der Waals surface area contributed by atoms with Gasteiger partial charge in [0.2, 0.25) is 0 Å². The monoisotopic (exact) mass is 254 g/mol. The number of carbonyl (C=O) groups is 1. The Morgan fingerprint density at radius 1 is 1.26 bits per heavy atom. The van der Waals surface area contributed by atoms with Gasteiger partial charge in [-0.2, -0.15) is 5.26 Å². The van der Waals surface area contributed by atoms with Crippen molar-refractivity contribution in [3.05, 3.63) is 47.9 Å². The number of carboxylic acid groups (broad SMARTS) is 1. The van der Waals surface area contributed by atoms with Crippen LogP contribution in [0.3, 0.4) is 0 Å². The van der Waals surface area contributed by atoms with Gasteiger partial charge in [0.1, 0.15) is 6.07 Å². The van der Waals surface area contributed by atoms with Crippen LogP contribution in [0.15, 0.2) is 36.7 Å². The normalized spacial score (nSPS) is 9.68. The number of benzene rings is 1. The van der Waals surface area contributed by atoms with Crippen molar-refractivity contribution in [1.29, 1.82) is 5.26 Å². The molecule has 0 fully saturated rings. The Morgan fingerprint density at radius 2 is 1.89 bits per heavy atom. The van der Waals surface area contributed by atoms with E-state index >= 15 is 0 Å². The summed E-state index contributed by atoms with van der Waals surface area (Å²) in [6.07, 6.45) is 2.95. The molecule has 6 heteroatoms. The lowest BCUT2D eigenvalue weighted by Crippen LogP contribution is -2.13. The number of carboxylic acids is 1. The lowest BCUT2D eigenvalue weighted by molar-refractivity contribution is 0.0697. The van der Waals surface area contributed by atoms with Crippen LogP contribution in [0.25, 0.3) is 0 Å². The number of nitrogens with zero attached hydrogens (tertiary/aromatic N) is 4. The van der Waals surface area contributed by atoms with Crippen LogP contribution in [0.2, 0.25) is 0 Å². The van der Waals surface area contributed by atoms with E-state index in [1.807, 2.05) is 6.07 Å². The van der Waals surface area contributed by atoms with E-state index in [0.717, 1.165) is 5.69 Å². The zero-order chi connectivity index (χ0) is 13.8. The first kappa shape index (κ1) is 12.5. The Kier molecular flexibility index (Phi) is 3.39. The standard InChI is InChI=1S/C13H10N4O2/c1-17(12-11(8-14)15-6-7-16-12)10-4-2-9(3-5-10)13(18)19/h2-7H,1H3,(H,18,19). The minimum absolute atomic E-state index is 0.205. The number of aromatic carboxylic acids is 1. The average Bonchev–Trinajstić information content (AvgIpc) is 2.46. The number of nitriles is 1. The van der Waals surface area contributed by atoms with Gasteiger partial charge >= 0.3 is 5.97 Å². The summed E-state index contributed by atoms with van der Waals surface area (Å²) in [6, 6.07) is 8.26. The molecule has 0 unspecified atom stereocenters.